The van der Waals surface area contributed by atoms with Crippen LogP contribution in [0.15, 0.2) is 0 Å². The van der Waals surface area contributed by atoms with Crippen molar-refractivity contribution in [2.45, 2.75) is 78.4 Å². The number of aryl methyl sites for hydroxylation is 1. The Bertz CT molecular complexity index is 429. The third kappa shape index (κ3) is 4.45. The predicted molar refractivity (Wildman–Crippen MR) is 88.7 cm³/mol. The molecule has 0 unspecified atom stereocenters. The number of anilines is 1. The molecule has 0 radical (unpaired) electrons. The minimum atomic E-state index is 0.162. The van der Waals surface area contributed by atoms with E-state index in [1.54, 1.807) is 0 Å². The second kappa shape index (κ2) is 6.44. The molecule has 20 heavy (non-hydrogen) atoms. The predicted octanol–water partition coefficient (Wildman–Crippen LogP) is 4.11. The fraction of sp³-hybridized carbons (Fsp3) is 0.812. The Labute approximate surface area is 127 Å². The largest absolute Gasteiger partial charge is 0.345 e. The average Bonchev–Trinajstić information content (AvgIpc) is 3.11. The molecular formula is C16H29N3S. The second-order valence-corrected chi connectivity index (χ2v) is 7.95. The molecule has 0 amide bonds. The van der Waals surface area contributed by atoms with Crippen LogP contribution >= 0.6 is 11.3 Å². The molecule has 3 nitrogen and oxygen atoms in total. The molecule has 2 rings (SSSR count). The Morgan fingerprint density at radius 2 is 2.05 bits per heavy atom. The van der Waals surface area contributed by atoms with Gasteiger partial charge in [-0.15, -0.1) is 11.3 Å². The molecule has 0 bridgehead atoms. The Hall–Kier alpha value is -0.610. The van der Waals surface area contributed by atoms with Gasteiger partial charge in [-0.25, -0.2) is 4.98 Å². The molecule has 1 N–H and O–H groups in total. The number of rotatable bonds is 7. The van der Waals surface area contributed by atoms with Crippen LogP contribution in [0.5, 0.6) is 0 Å². The van der Waals surface area contributed by atoms with Crippen LogP contribution in [0.3, 0.4) is 0 Å². The molecule has 0 aliphatic heterocycles. The maximum atomic E-state index is 4.83. The molecule has 4 heteroatoms. The van der Waals surface area contributed by atoms with Gasteiger partial charge >= 0.3 is 0 Å². The standard InChI is InChI=1S/C16H29N3S/c1-6-7-10-19(13-8-9-13)15-18-12(2)14(20-15)11-17-16(3,4)5/h13,17H,6-11H2,1-5H3. The van der Waals surface area contributed by atoms with Gasteiger partial charge in [-0.2, -0.15) is 0 Å². The molecule has 1 aliphatic rings. The summed E-state index contributed by atoms with van der Waals surface area (Å²) in [6, 6.07) is 0.760. The van der Waals surface area contributed by atoms with Crippen LogP contribution in [0.25, 0.3) is 0 Å². The maximum absolute atomic E-state index is 4.83. The minimum Gasteiger partial charge on any atom is -0.345 e. The highest BCUT2D eigenvalue weighted by atomic mass is 32.1. The van der Waals surface area contributed by atoms with Crippen molar-refractivity contribution in [3.8, 4) is 0 Å². The molecule has 0 aromatic carbocycles. The highest BCUT2D eigenvalue weighted by Gasteiger charge is 2.31. The van der Waals surface area contributed by atoms with E-state index in [0.29, 0.717) is 0 Å². The van der Waals surface area contributed by atoms with Crippen molar-refractivity contribution in [2.24, 2.45) is 0 Å². The summed E-state index contributed by atoms with van der Waals surface area (Å²) in [5.41, 5.74) is 1.36. The summed E-state index contributed by atoms with van der Waals surface area (Å²) >= 11 is 1.88. The van der Waals surface area contributed by atoms with E-state index in [1.165, 1.54) is 47.9 Å². The van der Waals surface area contributed by atoms with Gasteiger partial charge in [0.15, 0.2) is 5.13 Å². The summed E-state index contributed by atoms with van der Waals surface area (Å²) in [7, 11) is 0. The Kier molecular flexibility index (Phi) is 5.08. The first-order valence-electron chi connectivity index (χ1n) is 7.88. The highest BCUT2D eigenvalue weighted by molar-refractivity contribution is 7.15. The number of hydrogen-bond donors (Lipinski definition) is 1. The molecule has 0 atom stereocenters. The monoisotopic (exact) mass is 295 g/mol. The van der Waals surface area contributed by atoms with Crippen molar-refractivity contribution in [2.75, 3.05) is 11.4 Å². The van der Waals surface area contributed by atoms with Gasteiger partial charge in [0, 0.05) is 29.5 Å². The molecule has 1 aliphatic carbocycles. The van der Waals surface area contributed by atoms with E-state index in [0.717, 1.165) is 12.6 Å². The summed E-state index contributed by atoms with van der Waals surface area (Å²) in [6.07, 6.45) is 5.21. The van der Waals surface area contributed by atoms with Crippen molar-refractivity contribution in [3.63, 3.8) is 0 Å². The fourth-order valence-corrected chi connectivity index (χ4v) is 3.29. The van der Waals surface area contributed by atoms with Crippen molar-refractivity contribution < 1.29 is 0 Å². The van der Waals surface area contributed by atoms with Crippen molar-refractivity contribution in [1.82, 2.24) is 10.3 Å². The Morgan fingerprint density at radius 3 is 2.60 bits per heavy atom. The normalized spacial score (nSPS) is 15.7. The van der Waals surface area contributed by atoms with Crippen LogP contribution in [0, 0.1) is 6.92 Å². The quantitative estimate of drug-likeness (QED) is 0.820. The van der Waals surface area contributed by atoms with E-state index < -0.39 is 0 Å². The zero-order valence-corrected chi connectivity index (χ0v) is 14.4. The summed E-state index contributed by atoms with van der Waals surface area (Å²) in [5.74, 6) is 0. The van der Waals surface area contributed by atoms with Crippen molar-refractivity contribution >= 4 is 16.5 Å². The molecule has 1 fully saturated rings. The number of nitrogens with zero attached hydrogens (tertiary/aromatic N) is 2. The number of aromatic nitrogens is 1. The topological polar surface area (TPSA) is 28.2 Å². The number of unbranched alkanes of at least 4 members (excludes halogenated alkanes) is 1. The lowest BCUT2D eigenvalue weighted by atomic mass is 10.1. The summed E-state index contributed by atoms with van der Waals surface area (Å²) in [6.45, 7) is 13.1. The van der Waals surface area contributed by atoms with Gasteiger partial charge in [-0.3, -0.25) is 0 Å². The molecule has 1 saturated carbocycles. The Balaban J connectivity index is 2.04. The van der Waals surface area contributed by atoms with Crippen LogP contribution in [-0.4, -0.2) is 23.1 Å². The lowest BCUT2D eigenvalue weighted by Crippen LogP contribution is -2.34. The van der Waals surface area contributed by atoms with Gasteiger partial charge in [-0.1, -0.05) is 13.3 Å². The van der Waals surface area contributed by atoms with Gasteiger partial charge in [-0.05, 0) is 47.0 Å². The van der Waals surface area contributed by atoms with Crippen LogP contribution < -0.4 is 10.2 Å². The average molecular weight is 295 g/mol. The highest BCUT2D eigenvalue weighted by Crippen LogP contribution is 2.35. The molecule has 1 aromatic rings. The van der Waals surface area contributed by atoms with Crippen LogP contribution in [0.1, 0.15) is 63.9 Å². The fourth-order valence-electron chi connectivity index (χ4n) is 2.19. The molecule has 0 saturated heterocycles. The Morgan fingerprint density at radius 1 is 1.35 bits per heavy atom. The van der Waals surface area contributed by atoms with Gasteiger partial charge in [0.2, 0.25) is 0 Å². The van der Waals surface area contributed by atoms with E-state index in [9.17, 15) is 0 Å². The van der Waals surface area contributed by atoms with Crippen molar-refractivity contribution in [3.05, 3.63) is 10.6 Å². The maximum Gasteiger partial charge on any atom is 0.186 e. The number of thiazole rings is 1. The molecule has 0 spiro atoms. The first-order chi connectivity index (χ1) is 9.40. The number of nitrogens with one attached hydrogen (secondary N) is 1. The first kappa shape index (κ1) is 15.8. The molecule has 1 heterocycles. The minimum absolute atomic E-state index is 0.162. The zero-order valence-electron chi connectivity index (χ0n) is 13.6. The third-order valence-corrected chi connectivity index (χ3v) is 4.84. The SMILES string of the molecule is CCCCN(c1nc(C)c(CNC(C)(C)C)s1)C1CC1. The second-order valence-electron chi connectivity index (χ2n) is 6.89. The van der Waals surface area contributed by atoms with Crippen molar-refractivity contribution in [1.29, 1.82) is 0 Å². The van der Waals surface area contributed by atoms with Gasteiger partial charge in [0.25, 0.3) is 0 Å². The lowest BCUT2D eigenvalue weighted by Gasteiger charge is -2.21. The first-order valence-corrected chi connectivity index (χ1v) is 8.70. The van der Waals surface area contributed by atoms with Gasteiger partial charge in [0.1, 0.15) is 0 Å². The lowest BCUT2D eigenvalue weighted by molar-refractivity contribution is 0.425. The van der Waals surface area contributed by atoms with Gasteiger partial charge in [0.05, 0.1) is 5.69 Å². The van der Waals surface area contributed by atoms with Crippen LogP contribution in [0.4, 0.5) is 5.13 Å². The van der Waals surface area contributed by atoms with Gasteiger partial charge < -0.3 is 10.2 Å². The third-order valence-electron chi connectivity index (χ3n) is 3.65. The molecule has 1 aromatic heterocycles. The van der Waals surface area contributed by atoms with E-state index in [-0.39, 0.29) is 5.54 Å². The summed E-state index contributed by atoms with van der Waals surface area (Å²) < 4.78 is 0. The molecular weight excluding hydrogens is 266 g/mol. The van der Waals surface area contributed by atoms with E-state index in [1.807, 2.05) is 11.3 Å². The van der Waals surface area contributed by atoms with E-state index in [2.05, 4.69) is 44.8 Å². The molecule has 114 valence electrons. The smallest absolute Gasteiger partial charge is 0.186 e. The summed E-state index contributed by atoms with van der Waals surface area (Å²) in [5, 5.41) is 4.81. The van der Waals surface area contributed by atoms with E-state index >= 15 is 0 Å². The number of hydrogen-bond acceptors (Lipinski definition) is 4. The van der Waals surface area contributed by atoms with Crippen LogP contribution in [0.2, 0.25) is 0 Å². The van der Waals surface area contributed by atoms with E-state index in [4.69, 9.17) is 4.98 Å². The van der Waals surface area contributed by atoms with Crippen LogP contribution in [-0.2, 0) is 6.54 Å². The zero-order chi connectivity index (χ0) is 14.8. The summed E-state index contributed by atoms with van der Waals surface area (Å²) in [4.78, 5) is 8.76.